The van der Waals surface area contributed by atoms with Gasteiger partial charge in [0.1, 0.15) is 0 Å². The van der Waals surface area contributed by atoms with Crippen LogP contribution in [0.2, 0.25) is 0 Å². The fourth-order valence-electron chi connectivity index (χ4n) is 5.51. The highest BCUT2D eigenvalue weighted by atomic mass is 16.2. The number of rotatable bonds is 15. The Labute approximate surface area is 223 Å². The van der Waals surface area contributed by atoms with E-state index >= 15 is 0 Å². The van der Waals surface area contributed by atoms with E-state index in [1.807, 2.05) is 25.1 Å². The lowest BCUT2D eigenvalue weighted by molar-refractivity contribution is -0.122. The highest BCUT2D eigenvalue weighted by Crippen LogP contribution is 2.30. The lowest BCUT2D eigenvalue weighted by atomic mass is 9.95. The Morgan fingerprint density at radius 3 is 2.73 bits per heavy atom. The number of carbonyl (C=O) groups excluding carboxylic acids is 1. The molecule has 1 atom stereocenters. The van der Waals surface area contributed by atoms with Crippen LogP contribution < -0.4 is 26.2 Å². The molecule has 37 heavy (non-hydrogen) atoms. The molecule has 1 saturated carbocycles. The average Bonchev–Trinajstić information content (AvgIpc) is 3.36. The van der Waals surface area contributed by atoms with E-state index in [0.29, 0.717) is 13.1 Å². The first-order chi connectivity index (χ1) is 18.2. The van der Waals surface area contributed by atoms with Crippen molar-refractivity contribution in [1.82, 2.24) is 26.3 Å². The Morgan fingerprint density at radius 1 is 1.03 bits per heavy atom. The lowest BCUT2D eigenvalue weighted by Gasteiger charge is -2.23. The fraction of sp³-hybridized carbons (Fsp3) is 0.600. The topological polar surface area (TPSA) is 81.3 Å². The maximum Gasteiger partial charge on any atom is 0.237 e. The molecule has 0 unspecified atom stereocenters. The van der Waals surface area contributed by atoms with Crippen molar-refractivity contribution in [2.24, 2.45) is 0 Å². The number of amides is 1. The van der Waals surface area contributed by atoms with E-state index in [0.717, 1.165) is 57.3 Å². The van der Waals surface area contributed by atoms with Crippen LogP contribution in [-0.2, 0) is 24.3 Å². The molecule has 7 nitrogen and oxygen atoms in total. The van der Waals surface area contributed by atoms with Crippen LogP contribution in [0.3, 0.4) is 0 Å². The highest BCUT2D eigenvalue weighted by molar-refractivity contribution is 5.81. The van der Waals surface area contributed by atoms with E-state index in [2.05, 4.69) is 49.4 Å². The molecule has 4 rings (SSSR count). The standard InChI is InChI=1S/C30H46N6O/c1-24(34-23-27-13-5-6-18-33-27)30(37)35-22-25-10-7-14-29-28(25)15-21-36(29)20-9-17-31-16-8-19-32-26-11-3-2-4-12-26/h5-7,10,13-14,18,24,26,31-32,34H,2-4,8-9,11-12,15-17,19-23H2,1H3,(H,35,37)/t24-/m0/s1. The Balaban J connectivity index is 1.11. The second-order valence-electron chi connectivity index (χ2n) is 10.5. The van der Waals surface area contributed by atoms with Gasteiger partial charge in [0.2, 0.25) is 5.91 Å². The molecule has 2 aromatic rings. The van der Waals surface area contributed by atoms with E-state index in [9.17, 15) is 4.79 Å². The second-order valence-corrected chi connectivity index (χ2v) is 10.5. The number of nitrogens with one attached hydrogen (secondary N) is 4. The van der Waals surface area contributed by atoms with Crippen LogP contribution in [0.15, 0.2) is 42.6 Å². The number of fused-ring (bicyclic) bond motifs is 1. The smallest absolute Gasteiger partial charge is 0.237 e. The zero-order valence-corrected chi connectivity index (χ0v) is 22.6. The minimum Gasteiger partial charge on any atom is -0.371 e. The Hall–Kier alpha value is -2.48. The summed E-state index contributed by atoms with van der Waals surface area (Å²) in [4.78, 5) is 19.4. The summed E-state index contributed by atoms with van der Waals surface area (Å²) >= 11 is 0. The molecule has 1 aliphatic carbocycles. The van der Waals surface area contributed by atoms with E-state index in [-0.39, 0.29) is 11.9 Å². The Bertz CT molecular complexity index is 946. The van der Waals surface area contributed by atoms with Crippen LogP contribution >= 0.6 is 0 Å². The maximum atomic E-state index is 12.6. The number of carbonyl (C=O) groups is 1. The minimum absolute atomic E-state index is 0.0170. The summed E-state index contributed by atoms with van der Waals surface area (Å²) in [6.07, 6.45) is 12.1. The molecule has 202 valence electrons. The lowest BCUT2D eigenvalue weighted by Crippen LogP contribution is -2.41. The third kappa shape index (κ3) is 8.80. The van der Waals surface area contributed by atoms with Gasteiger partial charge in [0.25, 0.3) is 0 Å². The largest absolute Gasteiger partial charge is 0.371 e. The van der Waals surface area contributed by atoms with Gasteiger partial charge in [-0.25, -0.2) is 0 Å². The van der Waals surface area contributed by atoms with E-state index < -0.39 is 0 Å². The van der Waals surface area contributed by atoms with Crippen LogP contribution in [0.4, 0.5) is 5.69 Å². The predicted octanol–water partition coefficient (Wildman–Crippen LogP) is 3.53. The van der Waals surface area contributed by atoms with Gasteiger partial charge >= 0.3 is 0 Å². The minimum atomic E-state index is -0.272. The van der Waals surface area contributed by atoms with Gasteiger partial charge in [0.05, 0.1) is 11.7 Å². The normalized spacial score (nSPS) is 16.5. The monoisotopic (exact) mass is 506 g/mol. The van der Waals surface area contributed by atoms with Gasteiger partial charge < -0.3 is 26.2 Å². The number of hydrogen-bond acceptors (Lipinski definition) is 6. The molecule has 7 heteroatoms. The quantitative estimate of drug-likeness (QED) is 0.277. The summed E-state index contributed by atoms with van der Waals surface area (Å²) in [5.74, 6) is 0.0170. The van der Waals surface area contributed by atoms with Gasteiger partial charge in [0, 0.05) is 44.1 Å². The summed E-state index contributed by atoms with van der Waals surface area (Å²) in [6.45, 7) is 8.48. The predicted molar refractivity (Wildman–Crippen MR) is 152 cm³/mol. The third-order valence-corrected chi connectivity index (χ3v) is 7.73. The van der Waals surface area contributed by atoms with Crippen LogP contribution in [-0.4, -0.2) is 55.7 Å². The molecule has 2 aliphatic rings. The van der Waals surface area contributed by atoms with Crippen LogP contribution in [0.1, 0.15) is 68.7 Å². The van der Waals surface area contributed by atoms with Crippen molar-refractivity contribution in [3.8, 4) is 0 Å². The number of benzene rings is 1. The van der Waals surface area contributed by atoms with Crippen molar-refractivity contribution in [2.75, 3.05) is 37.6 Å². The number of aromatic nitrogens is 1. The summed E-state index contributed by atoms with van der Waals surface area (Å²) in [5.41, 5.74) is 4.89. The molecule has 4 N–H and O–H groups in total. The third-order valence-electron chi connectivity index (χ3n) is 7.73. The molecule has 1 fully saturated rings. The van der Waals surface area contributed by atoms with E-state index in [1.54, 1.807) is 6.20 Å². The first-order valence-electron chi connectivity index (χ1n) is 14.4. The molecule has 1 aliphatic heterocycles. The highest BCUT2D eigenvalue weighted by Gasteiger charge is 2.22. The maximum absolute atomic E-state index is 12.6. The summed E-state index contributed by atoms with van der Waals surface area (Å²) in [6, 6.07) is 12.8. The van der Waals surface area contributed by atoms with Crippen LogP contribution in [0, 0.1) is 0 Å². The molecule has 1 aromatic heterocycles. The van der Waals surface area contributed by atoms with Gasteiger partial charge in [-0.3, -0.25) is 9.78 Å². The van der Waals surface area contributed by atoms with Crippen molar-refractivity contribution >= 4 is 11.6 Å². The van der Waals surface area contributed by atoms with Gasteiger partial charge in [0.15, 0.2) is 0 Å². The van der Waals surface area contributed by atoms with Crippen LogP contribution in [0.25, 0.3) is 0 Å². The number of nitrogens with zero attached hydrogens (tertiary/aromatic N) is 2. The SMILES string of the molecule is C[C@H](NCc1ccccn1)C(=O)NCc1cccc2c1CCN2CCCNCCCNC1CCCCC1. The van der Waals surface area contributed by atoms with Gasteiger partial charge in [-0.2, -0.15) is 0 Å². The van der Waals surface area contributed by atoms with E-state index in [4.69, 9.17) is 0 Å². The molecule has 0 bridgehead atoms. The average molecular weight is 507 g/mol. The van der Waals surface area contributed by atoms with Gasteiger partial charge in [-0.05, 0) is 88.0 Å². The molecule has 0 saturated heterocycles. The van der Waals surface area contributed by atoms with Crippen molar-refractivity contribution in [2.45, 2.75) is 83.5 Å². The molecular weight excluding hydrogens is 460 g/mol. The van der Waals surface area contributed by atoms with Crippen LogP contribution in [0.5, 0.6) is 0 Å². The summed E-state index contributed by atoms with van der Waals surface area (Å²) in [7, 11) is 0. The van der Waals surface area contributed by atoms with E-state index in [1.165, 1.54) is 55.3 Å². The zero-order chi connectivity index (χ0) is 25.7. The summed E-state index contributed by atoms with van der Waals surface area (Å²) < 4.78 is 0. The zero-order valence-electron chi connectivity index (χ0n) is 22.6. The summed E-state index contributed by atoms with van der Waals surface area (Å²) in [5, 5.41) is 13.7. The van der Waals surface area contributed by atoms with Crippen molar-refractivity contribution in [3.05, 3.63) is 59.4 Å². The Morgan fingerprint density at radius 2 is 1.89 bits per heavy atom. The number of hydrogen-bond donors (Lipinski definition) is 4. The van der Waals surface area contributed by atoms with Crippen molar-refractivity contribution in [1.29, 1.82) is 0 Å². The van der Waals surface area contributed by atoms with Gasteiger partial charge in [-0.1, -0.05) is 37.5 Å². The molecule has 0 spiro atoms. The van der Waals surface area contributed by atoms with Crippen molar-refractivity contribution in [3.63, 3.8) is 0 Å². The van der Waals surface area contributed by atoms with Gasteiger partial charge in [-0.15, -0.1) is 0 Å². The molecule has 2 heterocycles. The first-order valence-corrected chi connectivity index (χ1v) is 14.4. The number of anilines is 1. The molecule has 1 amide bonds. The number of pyridine rings is 1. The van der Waals surface area contributed by atoms with Crippen molar-refractivity contribution < 1.29 is 4.79 Å². The fourth-order valence-corrected chi connectivity index (χ4v) is 5.51. The molecule has 0 radical (unpaired) electrons. The molecule has 1 aromatic carbocycles. The second kappa shape index (κ2) is 15.1. The Kier molecular flexibility index (Phi) is 11.2. The molecular formula is C30H46N6O. The first kappa shape index (κ1) is 27.6.